The Labute approximate surface area is 155 Å². The second kappa shape index (κ2) is 5.96. The molecule has 0 spiro atoms. The molecule has 0 saturated heterocycles. The van der Waals surface area contributed by atoms with Gasteiger partial charge < -0.3 is 19.2 Å². The molecule has 3 heterocycles. The first kappa shape index (κ1) is 16.1. The van der Waals surface area contributed by atoms with E-state index < -0.39 is 0 Å². The number of methoxy groups -OCH3 is 1. The number of ether oxygens (including phenoxy) is 1. The van der Waals surface area contributed by atoms with E-state index in [4.69, 9.17) is 9.26 Å². The number of H-pyrrole nitrogens is 2. The number of nitrogens with zero attached hydrogens (tertiary/aromatic N) is 2. The molecule has 6 nitrogen and oxygen atoms in total. The summed E-state index contributed by atoms with van der Waals surface area (Å²) in [4.78, 5) is 11.6. The van der Waals surface area contributed by atoms with Crippen LogP contribution in [0.5, 0.6) is 0 Å². The zero-order chi connectivity index (χ0) is 18.5. The maximum absolute atomic E-state index is 5.49. The van der Waals surface area contributed by atoms with Crippen LogP contribution in [0.2, 0.25) is 0 Å². The van der Waals surface area contributed by atoms with Gasteiger partial charge in [0.15, 0.2) is 5.82 Å². The van der Waals surface area contributed by atoms with Gasteiger partial charge in [0.05, 0.1) is 12.1 Å². The third kappa shape index (κ3) is 2.37. The summed E-state index contributed by atoms with van der Waals surface area (Å²) >= 11 is 0. The van der Waals surface area contributed by atoms with E-state index in [0.717, 1.165) is 22.3 Å². The maximum Gasteiger partial charge on any atom is 0.274 e. The predicted molar refractivity (Wildman–Crippen MR) is 106 cm³/mol. The Kier molecular flexibility index (Phi) is 3.55. The number of fused-ring (bicyclic) bond motifs is 4. The molecule has 0 aliphatic rings. The van der Waals surface area contributed by atoms with Gasteiger partial charge in [0, 0.05) is 40.7 Å². The molecule has 5 aromatic rings. The Hall–Kier alpha value is -3.12. The lowest BCUT2D eigenvalue weighted by Crippen LogP contribution is -1.96. The van der Waals surface area contributed by atoms with Crippen molar-refractivity contribution in [1.29, 1.82) is 0 Å². The van der Waals surface area contributed by atoms with E-state index in [2.05, 4.69) is 64.3 Å². The standard InChI is InChI=1S/C21H20N4O2/c1-11-18-12(2)20(21-24-17(25-27-21)8-9-26-3)23-16(18)10-14-13-6-4-5-7-15(13)22-19(11)14/h4-7,10,22-23H,8-9H2,1-3H3. The van der Waals surface area contributed by atoms with Crippen molar-refractivity contribution in [2.75, 3.05) is 13.7 Å². The Balaban J connectivity index is 1.71. The number of para-hydroxylation sites is 1. The maximum atomic E-state index is 5.49. The molecular formula is C21H20N4O2. The molecule has 136 valence electrons. The quantitative estimate of drug-likeness (QED) is 0.488. The van der Waals surface area contributed by atoms with Crippen molar-refractivity contribution in [3.63, 3.8) is 0 Å². The topological polar surface area (TPSA) is 79.7 Å². The van der Waals surface area contributed by atoms with Crippen LogP contribution in [0.15, 0.2) is 34.9 Å². The van der Waals surface area contributed by atoms with Gasteiger partial charge >= 0.3 is 0 Å². The van der Waals surface area contributed by atoms with Gasteiger partial charge in [-0.3, -0.25) is 0 Å². The van der Waals surface area contributed by atoms with Gasteiger partial charge in [-0.2, -0.15) is 4.98 Å². The van der Waals surface area contributed by atoms with E-state index in [1.807, 2.05) is 0 Å². The van der Waals surface area contributed by atoms with Crippen molar-refractivity contribution in [2.24, 2.45) is 0 Å². The van der Waals surface area contributed by atoms with Gasteiger partial charge in [0.2, 0.25) is 0 Å². The number of hydrogen-bond acceptors (Lipinski definition) is 4. The van der Waals surface area contributed by atoms with Crippen molar-refractivity contribution >= 4 is 32.7 Å². The van der Waals surface area contributed by atoms with Crippen LogP contribution in [0, 0.1) is 13.8 Å². The van der Waals surface area contributed by atoms with Gasteiger partial charge in [0.25, 0.3) is 5.89 Å². The fourth-order valence-electron chi connectivity index (χ4n) is 3.95. The van der Waals surface area contributed by atoms with Crippen molar-refractivity contribution in [1.82, 2.24) is 20.1 Å². The summed E-state index contributed by atoms with van der Waals surface area (Å²) < 4.78 is 10.6. The minimum absolute atomic E-state index is 0.516. The summed E-state index contributed by atoms with van der Waals surface area (Å²) in [5.41, 5.74) is 6.61. The van der Waals surface area contributed by atoms with Crippen LogP contribution >= 0.6 is 0 Å². The van der Waals surface area contributed by atoms with Crippen LogP contribution in [-0.2, 0) is 11.2 Å². The predicted octanol–water partition coefficient (Wildman–Crippen LogP) is 4.66. The first-order valence-electron chi connectivity index (χ1n) is 9.01. The van der Waals surface area contributed by atoms with E-state index >= 15 is 0 Å². The van der Waals surface area contributed by atoms with Gasteiger partial charge in [-0.15, -0.1) is 0 Å². The molecule has 5 rings (SSSR count). The first-order valence-corrected chi connectivity index (χ1v) is 9.01. The molecule has 0 amide bonds. The number of aromatic amines is 2. The van der Waals surface area contributed by atoms with E-state index in [1.165, 1.54) is 27.2 Å². The monoisotopic (exact) mass is 360 g/mol. The summed E-state index contributed by atoms with van der Waals surface area (Å²) in [6, 6.07) is 10.6. The van der Waals surface area contributed by atoms with Crippen LogP contribution in [0.1, 0.15) is 17.0 Å². The van der Waals surface area contributed by atoms with Gasteiger partial charge in [-0.1, -0.05) is 23.4 Å². The molecule has 0 radical (unpaired) electrons. The Morgan fingerprint density at radius 3 is 2.74 bits per heavy atom. The molecule has 0 saturated carbocycles. The van der Waals surface area contributed by atoms with E-state index in [0.29, 0.717) is 24.7 Å². The van der Waals surface area contributed by atoms with Crippen LogP contribution in [-0.4, -0.2) is 33.8 Å². The minimum atomic E-state index is 0.516. The fourth-order valence-corrected chi connectivity index (χ4v) is 3.95. The lowest BCUT2D eigenvalue weighted by Gasteiger charge is -2.01. The molecule has 0 aliphatic carbocycles. The lowest BCUT2D eigenvalue weighted by atomic mass is 10.0. The van der Waals surface area contributed by atoms with Crippen LogP contribution < -0.4 is 0 Å². The molecule has 0 atom stereocenters. The Bertz CT molecular complexity index is 1290. The number of aromatic nitrogens is 4. The van der Waals surface area contributed by atoms with E-state index in [-0.39, 0.29) is 0 Å². The zero-order valence-electron chi connectivity index (χ0n) is 15.5. The molecule has 2 aromatic carbocycles. The largest absolute Gasteiger partial charge is 0.384 e. The molecular weight excluding hydrogens is 340 g/mol. The van der Waals surface area contributed by atoms with Crippen molar-refractivity contribution in [3.05, 3.63) is 47.3 Å². The molecule has 6 heteroatoms. The molecule has 0 fully saturated rings. The van der Waals surface area contributed by atoms with Gasteiger partial charge in [0.1, 0.15) is 5.69 Å². The zero-order valence-corrected chi connectivity index (χ0v) is 15.5. The lowest BCUT2D eigenvalue weighted by molar-refractivity contribution is 0.199. The highest BCUT2D eigenvalue weighted by molar-refractivity contribution is 6.14. The first-order chi connectivity index (χ1) is 13.2. The molecule has 0 unspecified atom stereocenters. The summed E-state index contributed by atoms with van der Waals surface area (Å²) in [5.74, 6) is 1.17. The average Bonchev–Trinajstić information content (AvgIpc) is 3.36. The molecule has 0 bridgehead atoms. The number of benzene rings is 2. The summed E-state index contributed by atoms with van der Waals surface area (Å²) in [7, 11) is 1.66. The van der Waals surface area contributed by atoms with Crippen molar-refractivity contribution < 1.29 is 9.26 Å². The number of aryl methyl sites for hydroxylation is 2. The van der Waals surface area contributed by atoms with Crippen LogP contribution in [0.25, 0.3) is 44.3 Å². The van der Waals surface area contributed by atoms with E-state index in [1.54, 1.807) is 7.11 Å². The highest BCUT2D eigenvalue weighted by Crippen LogP contribution is 2.37. The Morgan fingerprint density at radius 1 is 1.04 bits per heavy atom. The minimum Gasteiger partial charge on any atom is -0.384 e. The van der Waals surface area contributed by atoms with Gasteiger partial charge in [-0.25, -0.2) is 0 Å². The normalized spacial score (nSPS) is 12.0. The fraction of sp³-hybridized carbons (Fsp3) is 0.238. The average molecular weight is 360 g/mol. The molecule has 27 heavy (non-hydrogen) atoms. The van der Waals surface area contributed by atoms with Gasteiger partial charge in [-0.05, 0) is 37.1 Å². The molecule has 2 N–H and O–H groups in total. The van der Waals surface area contributed by atoms with Crippen molar-refractivity contribution in [3.8, 4) is 11.6 Å². The summed E-state index contributed by atoms with van der Waals surface area (Å²) in [6.07, 6.45) is 0.632. The third-order valence-electron chi connectivity index (χ3n) is 5.28. The number of nitrogens with one attached hydrogen (secondary N) is 2. The SMILES string of the molecule is COCCc1noc(-c2[nH]c3cc4c([nH]c5ccccc54)c(C)c3c2C)n1. The number of rotatable bonds is 4. The highest BCUT2D eigenvalue weighted by Gasteiger charge is 2.19. The van der Waals surface area contributed by atoms with Crippen molar-refractivity contribution in [2.45, 2.75) is 20.3 Å². The van der Waals surface area contributed by atoms with Crippen LogP contribution in [0.4, 0.5) is 0 Å². The van der Waals surface area contributed by atoms with E-state index in [9.17, 15) is 0 Å². The second-order valence-electron chi connectivity index (χ2n) is 6.90. The number of hydrogen-bond donors (Lipinski definition) is 2. The highest BCUT2D eigenvalue weighted by atomic mass is 16.5. The second-order valence-corrected chi connectivity index (χ2v) is 6.90. The summed E-state index contributed by atoms with van der Waals surface area (Å²) in [6.45, 7) is 4.82. The smallest absolute Gasteiger partial charge is 0.274 e. The summed E-state index contributed by atoms with van der Waals surface area (Å²) in [5, 5.41) is 7.70. The molecule has 3 aromatic heterocycles. The Morgan fingerprint density at radius 2 is 1.89 bits per heavy atom. The molecule has 0 aliphatic heterocycles. The third-order valence-corrected chi connectivity index (χ3v) is 5.28. The van der Waals surface area contributed by atoms with Crippen LogP contribution in [0.3, 0.4) is 0 Å².